The van der Waals surface area contributed by atoms with Gasteiger partial charge in [-0.1, -0.05) is 52.7 Å². The number of imidazole rings is 1. The first-order valence-electron chi connectivity index (χ1n) is 10.0. The molecular weight excluding hydrogens is 463 g/mol. The zero-order valence-electron chi connectivity index (χ0n) is 17.4. The van der Waals surface area contributed by atoms with Crippen molar-refractivity contribution >= 4 is 56.6 Å². The number of aryl methyl sites for hydroxylation is 2. The largest absolute Gasteiger partial charge is 0.489 e. The maximum atomic E-state index is 13.0. The van der Waals surface area contributed by atoms with E-state index < -0.39 is 0 Å². The molecule has 5 aromatic rings. The number of ether oxygens (including phenoxy) is 1. The SMILES string of the molecule is Cc1cc2nc3s/c(=C/c4ccc(OCc5c(Cl)cccc5Cl)cc4)c(=O)n3c2cc1C. The third kappa shape index (κ3) is 3.77. The monoisotopic (exact) mass is 480 g/mol. The van der Waals surface area contributed by atoms with Gasteiger partial charge in [-0.2, -0.15) is 0 Å². The molecule has 0 unspecified atom stereocenters. The third-order valence-electron chi connectivity index (χ3n) is 5.48. The molecule has 0 amide bonds. The number of hydrogen-bond acceptors (Lipinski definition) is 4. The molecule has 7 heteroatoms. The molecule has 0 N–H and O–H groups in total. The summed E-state index contributed by atoms with van der Waals surface area (Å²) in [5.74, 6) is 0.693. The molecule has 0 aliphatic rings. The van der Waals surface area contributed by atoms with Crippen molar-refractivity contribution in [2.45, 2.75) is 20.5 Å². The Morgan fingerprint density at radius 1 is 1.03 bits per heavy atom. The molecule has 0 saturated heterocycles. The summed E-state index contributed by atoms with van der Waals surface area (Å²) in [4.78, 5) is 18.4. The van der Waals surface area contributed by atoms with E-state index >= 15 is 0 Å². The Balaban J connectivity index is 1.43. The van der Waals surface area contributed by atoms with Crippen LogP contribution >= 0.6 is 34.5 Å². The number of aromatic nitrogens is 2. The molecule has 160 valence electrons. The number of benzene rings is 3. The first-order chi connectivity index (χ1) is 15.4. The van der Waals surface area contributed by atoms with Crippen LogP contribution in [0.15, 0.2) is 59.4 Å². The highest BCUT2D eigenvalue weighted by Crippen LogP contribution is 2.26. The molecule has 0 spiro atoms. The van der Waals surface area contributed by atoms with Crippen LogP contribution in [0.3, 0.4) is 0 Å². The van der Waals surface area contributed by atoms with Crippen LogP contribution in [-0.2, 0) is 6.61 Å². The van der Waals surface area contributed by atoms with Crippen molar-refractivity contribution in [3.8, 4) is 5.75 Å². The van der Waals surface area contributed by atoms with Crippen LogP contribution < -0.4 is 14.8 Å². The van der Waals surface area contributed by atoms with Gasteiger partial charge in [0.05, 0.1) is 15.6 Å². The van der Waals surface area contributed by atoms with Crippen molar-refractivity contribution < 1.29 is 4.74 Å². The minimum atomic E-state index is -0.0514. The van der Waals surface area contributed by atoms with Gasteiger partial charge in [-0.3, -0.25) is 4.79 Å². The topological polar surface area (TPSA) is 43.6 Å². The van der Waals surface area contributed by atoms with Crippen LogP contribution in [0, 0.1) is 13.8 Å². The number of hydrogen-bond donors (Lipinski definition) is 0. The Hall–Kier alpha value is -2.86. The molecule has 3 aromatic carbocycles. The van der Waals surface area contributed by atoms with Crippen molar-refractivity contribution in [2.75, 3.05) is 0 Å². The average molecular weight is 481 g/mol. The molecule has 4 nitrogen and oxygen atoms in total. The second-order valence-electron chi connectivity index (χ2n) is 7.63. The van der Waals surface area contributed by atoms with E-state index in [2.05, 4.69) is 11.9 Å². The predicted molar refractivity (Wildman–Crippen MR) is 132 cm³/mol. The highest BCUT2D eigenvalue weighted by Gasteiger charge is 2.12. The zero-order valence-corrected chi connectivity index (χ0v) is 19.7. The van der Waals surface area contributed by atoms with Gasteiger partial charge in [0.15, 0.2) is 4.96 Å². The minimum Gasteiger partial charge on any atom is -0.489 e. The van der Waals surface area contributed by atoms with E-state index in [0.29, 0.717) is 25.3 Å². The lowest BCUT2D eigenvalue weighted by Gasteiger charge is -2.09. The molecule has 0 saturated carbocycles. The van der Waals surface area contributed by atoms with Crippen molar-refractivity contribution in [1.82, 2.24) is 9.38 Å². The minimum absolute atomic E-state index is 0.0514. The van der Waals surface area contributed by atoms with E-state index in [1.165, 1.54) is 16.9 Å². The predicted octanol–water partition coefficient (Wildman–Crippen LogP) is 5.96. The Morgan fingerprint density at radius 3 is 2.44 bits per heavy atom. The Labute approximate surface area is 198 Å². The lowest BCUT2D eigenvalue weighted by molar-refractivity contribution is 0.306. The summed E-state index contributed by atoms with van der Waals surface area (Å²) < 4.78 is 8.17. The van der Waals surface area contributed by atoms with Crippen LogP contribution in [0.5, 0.6) is 5.75 Å². The highest BCUT2D eigenvalue weighted by molar-refractivity contribution is 7.15. The molecule has 5 rings (SSSR count). The van der Waals surface area contributed by atoms with Crippen molar-refractivity contribution in [2.24, 2.45) is 0 Å². The molecule has 0 aliphatic carbocycles. The Morgan fingerprint density at radius 2 is 1.72 bits per heavy atom. The van der Waals surface area contributed by atoms with Gasteiger partial charge in [0.25, 0.3) is 5.56 Å². The van der Waals surface area contributed by atoms with Gasteiger partial charge in [-0.25, -0.2) is 9.38 Å². The lowest BCUT2D eigenvalue weighted by Crippen LogP contribution is -2.22. The van der Waals surface area contributed by atoms with Crippen molar-refractivity contribution in [1.29, 1.82) is 0 Å². The molecule has 2 aromatic heterocycles. The van der Waals surface area contributed by atoms with Crippen LogP contribution in [0.25, 0.3) is 22.1 Å². The maximum Gasteiger partial charge on any atom is 0.274 e. The average Bonchev–Trinajstić information content (AvgIpc) is 3.25. The summed E-state index contributed by atoms with van der Waals surface area (Å²) in [5, 5.41) is 1.15. The molecule has 0 fully saturated rings. The second-order valence-corrected chi connectivity index (χ2v) is 9.45. The molecule has 32 heavy (non-hydrogen) atoms. The van der Waals surface area contributed by atoms with Crippen LogP contribution in [0.4, 0.5) is 0 Å². The fourth-order valence-corrected chi connectivity index (χ4v) is 5.05. The third-order valence-corrected chi connectivity index (χ3v) is 7.15. The van der Waals surface area contributed by atoms with E-state index in [0.717, 1.165) is 27.7 Å². The number of halogens is 2. The normalized spacial score (nSPS) is 12.2. The first-order valence-corrected chi connectivity index (χ1v) is 11.6. The van der Waals surface area contributed by atoms with Gasteiger partial charge >= 0.3 is 0 Å². The van der Waals surface area contributed by atoms with Crippen molar-refractivity contribution in [3.05, 3.63) is 102 Å². The fourth-order valence-electron chi connectivity index (χ4n) is 3.56. The van der Waals surface area contributed by atoms with E-state index in [1.807, 2.05) is 49.4 Å². The molecule has 0 atom stereocenters. The second kappa shape index (κ2) is 8.24. The number of nitrogens with zero attached hydrogens (tertiary/aromatic N) is 2. The molecule has 0 bridgehead atoms. The fraction of sp³-hybridized carbons (Fsp3) is 0.120. The van der Waals surface area contributed by atoms with Gasteiger partial charge in [-0.15, -0.1) is 0 Å². The number of fused-ring (bicyclic) bond motifs is 3. The summed E-state index contributed by atoms with van der Waals surface area (Å²) in [5.41, 5.74) is 5.62. The Kier molecular flexibility index (Phi) is 5.41. The highest BCUT2D eigenvalue weighted by atomic mass is 35.5. The summed E-state index contributed by atoms with van der Waals surface area (Å²) in [6.45, 7) is 4.37. The van der Waals surface area contributed by atoms with Gasteiger partial charge in [0, 0.05) is 15.6 Å². The zero-order chi connectivity index (χ0) is 22.4. The van der Waals surface area contributed by atoms with E-state index in [9.17, 15) is 4.79 Å². The lowest BCUT2D eigenvalue weighted by atomic mass is 10.1. The summed E-state index contributed by atoms with van der Waals surface area (Å²) in [7, 11) is 0. The van der Waals surface area contributed by atoms with Gasteiger partial charge in [-0.05, 0) is 73.0 Å². The van der Waals surface area contributed by atoms with E-state index in [-0.39, 0.29) is 12.2 Å². The van der Waals surface area contributed by atoms with E-state index in [4.69, 9.17) is 27.9 Å². The van der Waals surface area contributed by atoms with Crippen LogP contribution in [0.2, 0.25) is 10.0 Å². The van der Waals surface area contributed by atoms with Crippen molar-refractivity contribution in [3.63, 3.8) is 0 Å². The smallest absolute Gasteiger partial charge is 0.274 e. The first kappa shape index (κ1) is 21.0. The quantitative estimate of drug-likeness (QED) is 0.318. The van der Waals surface area contributed by atoms with Crippen LogP contribution in [-0.4, -0.2) is 9.38 Å². The molecular formula is C25H18Cl2N2O2S. The summed E-state index contributed by atoms with van der Waals surface area (Å²) >= 11 is 13.8. The number of thiazole rings is 1. The molecule has 0 radical (unpaired) electrons. The summed E-state index contributed by atoms with van der Waals surface area (Å²) in [6, 6.07) is 17.0. The Bertz CT molecular complexity index is 1570. The van der Waals surface area contributed by atoms with Gasteiger partial charge in [0.2, 0.25) is 0 Å². The van der Waals surface area contributed by atoms with Gasteiger partial charge < -0.3 is 4.74 Å². The number of rotatable bonds is 4. The maximum absolute atomic E-state index is 13.0. The molecule has 0 aliphatic heterocycles. The van der Waals surface area contributed by atoms with E-state index in [1.54, 1.807) is 22.6 Å². The van der Waals surface area contributed by atoms with Gasteiger partial charge in [0.1, 0.15) is 12.4 Å². The standard InChI is InChI=1S/C25H18Cl2N2O2S/c1-14-10-21-22(11-15(14)2)29-24(30)23(32-25(29)28-21)12-16-6-8-17(9-7-16)31-13-18-19(26)4-3-5-20(18)27/h3-12H,13H2,1-2H3/b23-12+. The molecule has 2 heterocycles. The van der Waals surface area contributed by atoms with Crippen LogP contribution in [0.1, 0.15) is 22.3 Å². The summed E-state index contributed by atoms with van der Waals surface area (Å²) in [6.07, 6.45) is 1.88.